The summed E-state index contributed by atoms with van der Waals surface area (Å²) in [6.45, 7) is 4.52. The fourth-order valence-corrected chi connectivity index (χ4v) is 2.69. The topological polar surface area (TPSA) is 34.1 Å². The van der Waals surface area contributed by atoms with E-state index in [0.29, 0.717) is 0 Å². The lowest BCUT2D eigenvalue weighted by Crippen LogP contribution is -2.18. The highest BCUT2D eigenvalue weighted by Crippen LogP contribution is 2.27. The molecular weight excluding hydrogens is 244 g/mol. The second kappa shape index (κ2) is 6.64. The Kier molecular flexibility index (Phi) is 4.87. The Morgan fingerprint density at radius 2 is 2.06 bits per heavy atom. The highest BCUT2D eigenvalue weighted by atomic mass is 32.1. The number of thiazole rings is 1. The van der Waals surface area contributed by atoms with Crippen molar-refractivity contribution in [1.29, 1.82) is 0 Å². The van der Waals surface area contributed by atoms with Crippen LogP contribution in [0.2, 0.25) is 0 Å². The molecule has 96 valence electrons. The van der Waals surface area contributed by atoms with Crippen LogP contribution < -0.4 is 5.32 Å². The summed E-state index contributed by atoms with van der Waals surface area (Å²) in [4.78, 5) is 5.96. The van der Waals surface area contributed by atoms with Gasteiger partial charge < -0.3 is 10.1 Å². The molecular formula is C14H18N2OS. The SMILES string of the molecule is COCCNCc1nc(-c2ccccc2)c(C)s1. The molecule has 18 heavy (non-hydrogen) atoms. The number of benzene rings is 1. The zero-order valence-corrected chi connectivity index (χ0v) is 11.6. The van der Waals surface area contributed by atoms with Crippen molar-refractivity contribution in [3.05, 3.63) is 40.2 Å². The normalized spacial score (nSPS) is 10.8. The maximum atomic E-state index is 5.00. The third-order valence-electron chi connectivity index (χ3n) is 2.65. The minimum absolute atomic E-state index is 0.732. The van der Waals surface area contributed by atoms with Gasteiger partial charge in [-0.05, 0) is 6.92 Å². The molecule has 0 unspecified atom stereocenters. The third kappa shape index (κ3) is 3.38. The van der Waals surface area contributed by atoms with Crippen LogP contribution in [0, 0.1) is 6.92 Å². The second-order valence-corrected chi connectivity index (χ2v) is 5.34. The van der Waals surface area contributed by atoms with Gasteiger partial charge in [-0.15, -0.1) is 11.3 Å². The summed E-state index contributed by atoms with van der Waals surface area (Å²) in [6, 6.07) is 10.3. The van der Waals surface area contributed by atoms with Gasteiger partial charge in [0.2, 0.25) is 0 Å². The first-order valence-electron chi connectivity index (χ1n) is 6.02. The van der Waals surface area contributed by atoms with Gasteiger partial charge in [0.05, 0.1) is 12.3 Å². The molecule has 0 atom stereocenters. The second-order valence-electron chi connectivity index (χ2n) is 4.05. The summed E-state index contributed by atoms with van der Waals surface area (Å²) in [7, 11) is 1.71. The average molecular weight is 262 g/mol. The summed E-state index contributed by atoms with van der Waals surface area (Å²) in [5.74, 6) is 0. The van der Waals surface area contributed by atoms with Gasteiger partial charge in [-0.25, -0.2) is 4.98 Å². The Labute approximate surface area is 112 Å². The van der Waals surface area contributed by atoms with E-state index in [1.165, 1.54) is 10.4 Å². The van der Waals surface area contributed by atoms with Crippen LogP contribution in [0.25, 0.3) is 11.3 Å². The maximum absolute atomic E-state index is 5.00. The van der Waals surface area contributed by atoms with Crippen LogP contribution in [0.1, 0.15) is 9.88 Å². The highest BCUT2D eigenvalue weighted by Gasteiger charge is 2.08. The van der Waals surface area contributed by atoms with E-state index >= 15 is 0 Å². The number of aryl methyl sites for hydroxylation is 1. The van der Waals surface area contributed by atoms with Crippen LogP contribution in [0.15, 0.2) is 30.3 Å². The summed E-state index contributed by atoms with van der Waals surface area (Å²) in [6.07, 6.45) is 0. The molecule has 2 rings (SSSR count). The van der Waals surface area contributed by atoms with Crippen molar-refractivity contribution in [3.63, 3.8) is 0 Å². The van der Waals surface area contributed by atoms with E-state index in [0.717, 1.165) is 30.4 Å². The monoisotopic (exact) mass is 262 g/mol. The number of nitrogens with one attached hydrogen (secondary N) is 1. The Hall–Kier alpha value is -1.23. The van der Waals surface area contributed by atoms with Crippen LogP contribution in [0.5, 0.6) is 0 Å². The number of nitrogens with zero attached hydrogens (tertiary/aromatic N) is 1. The molecule has 3 nitrogen and oxygen atoms in total. The van der Waals surface area contributed by atoms with Gasteiger partial charge in [-0.2, -0.15) is 0 Å². The van der Waals surface area contributed by atoms with Crippen LogP contribution in [-0.4, -0.2) is 25.2 Å². The molecule has 0 amide bonds. The first-order valence-corrected chi connectivity index (χ1v) is 6.84. The number of rotatable bonds is 6. The highest BCUT2D eigenvalue weighted by molar-refractivity contribution is 7.12. The van der Waals surface area contributed by atoms with Crippen LogP contribution in [0.4, 0.5) is 0 Å². The summed E-state index contributed by atoms with van der Waals surface area (Å²) in [5, 5.41) is 4.44. The quantitative estimate of drug-likeness (QED) is 0.813. The van der Waals surface area contributed by atoms with Crippen molar-refractivity contribution in [2.45, 2.75) is 13.5 Å². The molecule has 0 aliphatic rings. The molecule has 0 fully saturated rings. The van der Waals surface area contributed by atoms with Gasteiger partial charge in [0.1, 0.15) is 5.01 Å². The molecule has 1 heterocycles. The van der Waals surface area contributed by atoms with E-state index in [2.05, 4.69) is 24.4 Å². The zero-order valence-electron chi connectivity index (χ0n) is 10.8. The smallest absolute Gasteiger partial charge is 0.107 e. The predicted octanol–water partition coefficient (Wildman–Crippen LogP) is 2.85. The van der Waals surface area contributed by atoms with E-state index in [9.17, 15) is 0 Å². The number of aromatic nitrogens is 1. The van der Waals surface area contributed by atoms with Gasteiger partial charge in [0.25, 0.3) is 0 Å². The van der Waals surface area contributed by atoms with Crippen molar-refractivity contribution in [1.82, 2.24) is 10.3 Å². The molecule has 4 heteroatoms. The van der Waals surface area contributed by atoms with Gasteiger partial charge >= 0.3 is 0 Å². The van der Waals surface area contributed by atoms with E-state index in [1.54, 1.807) is 18.4 Å². The Morgan fingerprint density at radius 1 is 1.28 bits per heavy atom. The molecule has 0 saturated carbocycles. The number of ether oxygens (including phenoxy) is 1. The Morgan fingerprint density at radius 3 is 2.78 bits per heavy atom. The first-order chi connectivity index (χ1) is 8.81. The predicted molar refractivity (Wildman–Crippen MR) is 75.9 cm³/mol. The fraction of sp³-hybridized carbons (Fsp3) is 0.357. The lowest BCUT2D eigenvalue weighted by Gasteiger charge is -2.00. The lowest BCUT2D eigenvalue weighted by molar-refractivity contribution is 0.199. The molecule has 2 aromatic rings. The molecule has 1 N–H and O–H groups in total. The largest absolute Gasteiger partial charge is 0.383 e. The van der Waals surface area contributed by atoms with Gasteiger partial charge in [0.15, 0.2) is 0 Å². The van der Waals surface area contributed by atoms with Crippen LogP contribution in [0.3, 0.4) is 0 Å². The van der Waals surface area contributed by atoms with Crippen LogP contribution in [-0.2, 0) is 11.3 Å². The maximum Gasteiger partial charge on any atom is 0.107 e. The molecule has 1 aromatic carbocycles. The lowest BCUT2D eigenvalue weighted by atomic mass is 10.1. The standard InChI is InChI=1S/C14H18N2OS/c1-11-14(12-6-4-3-5-7-12)16-13(18-11)10-15-8-9-17-2/h3-7,15H,8-10H2,1-2H3. The van der Waals surface area contributed by atoms with E-state index in [-0.39, 0.29) is 0 Å². The number of methoxy groups -OCH3 is 1. The molecule has 0 aliphatic carbocycles. The van der Waals surface area contributed by atoms with Crippen molar-refractivity contribution in [3.8, 4) is 11.3 Å². The van der Waals surface area contributed by atoms with E-state index < -0.39 is 0 Å². The van der Waals surface area contributed by atoms with Gasteiger partial charge in [0, 0.05) is 30.6 Å². The minimum atomic E-state index is 0.732. The first kappa shape index (κ1) is 13.2. The Balaban J connectivity index is 2.03. The molecule has 0 saturated heterocycles. The summed E-state index contributed by atoms with van der Waals surface area (Å²) >= 11 is 1.75. The molecule has 0 aliphatic heterocycles. The van der Waals surface area contributed by atoms with Gasteiger partial charge in [-0.1, -0.05) is 30.3 Å². The third-order valence-corrected chi connectivity index (χ3v) is 3.62. The summed E-state index contributed by atoms with van der Waals surface area (Å²) in [5.41, 5.74) is 2.29. The van der Waals surface area contributed by atoms with Gasteiger partial charge in [-0.3, -0.25) is 0 Å². The minimum Gasteiger partial charge on any atom is -0.383 e. The molecule has 1 aromatic heterocycles. The summed E-state index contributed by atoms with van der Waals surface area (Å²) < 4.78 is 5.00. The average Bonchev–Trinajstić information content (AvgIpc) is 2.77. The number of hydrogen-bond acceptors (Lipinski definition) is 4. The fourth-order valence-electron chi connectivity index (χ4n) is 1.76. The van der Waals surface area contributed by atoms with Crippen molar-refractivity contribution >= 4 is 11.3 Å². The van der Waals surface area contributed by atoms with E-state index in [4.69, 9.17) is 9.72 Å². The zero-order chi connectivity index (χ0) is 12.8. The van der Waals surface area contributed by atoms with Crippen molar-refractivity contribution in [2.75, 3.05) is 20.3 Å². The Bertz CT molecular complexity index is 482. The van der Waals surface area contributed by atoms with Crippen molar-refractivity contribution in [2.24, 2.45) is 0 Å². The number of hydrogen-bond donors (Lipinski definition) is 1. The molecule has 0 radical (unpaired) electrons. The van der Waals surface area contributed by atoms with Crippen LogP contribution >= 0.6 is 11.3 Å². The molecule has 0 spiro atoms. The van der Waals surface area contributed by atoms with Crippen molar-refractivity contribution < 1.29 is 4.74 Å². The molecule has 0 bridgehead atoms. The van der Waals surface area contributed by atoms with E-state index in [1.807, 2.05) is 18.2 Å².